The van der Waals surface area contributed by atoms with Gasteiger partial charge in [-0.15, -0.1) is 0 Å². The summed E-state index contributed by atoms with van der Waals surface area (Å²) in [4.78, 5) is 4.14. The van der Waals surface area contributed by atoms with Gasteiger partial charge in [0.05, 0.1) is 19.8 Å². The quantitative estimate of drug-likeness (QED) is 0.323. The molecule has 0 aliphatic rings. The Labute approximate surface area is 118 Å². The number of rotatable bonds is 12. The van der Waals surface area contributed by atoms with Gasteiger partial charge in [0.25, 0.3) is 0 Å². The first-order valence-corrected chi connectivity index (χ1v) is 7.45. The van der Waals surface area contributed by atoms with E-state index in [4.69, 9.17) is 9.47 Å². The van der Waals surface area contributed by atoms with Gasteiger partial charge in [-0.25, -0.2) is 0 Å². The van der Waals surface area contributed by atoms with Crippen molar-refractivity contribution in [3.63, 3.8) is 0 Å². The summed E-state index contributed by atoms with van der Waals surface area (Å²) in [7, 11) is 1.78. The van der Waals surface area contributed by atoms with Crippen molar-refractivity contribution in [1.29, 1.82) is 0 Å². The number of hydrogen-bond donors (Lipinski definition) is 2. The summed E-state index contributed by atoms with van der Waals surface area (Å²) in [5, 5.41) is 6.47. The van der Waals surface area contributed by atoms with E-state index in [-0.39, 0.29) is 0 Å². The number of aliphatic imine (C=N–C) groups is 1. The molecule has 0 fully saturated rings. The van der Waals surface area contributed by atoms with Gasteiger partial charge in [-0.2, -0.15) is 0 Å². The largest absolute Gasteiger partial charge is 0.379 e. The van der Waals surface area contributed by atoms with Gasteiger partial charge in [0, 0.05) is 26.7 Å². The third-order valence-corrected chi connectivity index (χ3v) is 2.60. The molecule has 0 aliphatic heterocycles. The third-order valence-electron chi connectivity index (χ3n) is 2.60. The smallest absolute Gasteiger partial charge is 0.191 e. The van der Waals surface area contributed by atoms with Crippen molar-refractivity contribution in [2.75, 3.05) is 46.6 Å². The van der Waals surface area contributed by atoms with Gasteiger partial charge in [-0.3, -0.25) is 4.99 Å². The predicted octanol–water partition coefficient (Wildman–Crippen LogP) is 1.78. The first-order valence-electron chi connectivity index (χ1n) is 7.45. The van der Waals surface area contributed by atoms with Crippen LogP contribution < -0.4 is 10.6 Å². The second-order valence-corrected chi connectivity index (χ2v) is 4.36. The van der Waals surface area contributed by atoms with Crippen molar-refractivity contribution in [2.45, 2.75) is 39.5 Å². The van der Waals surface area contributed by atoms with Crippen LogP contribution in [0.3, 0.4) is 0 Å². The highest BCUT2D eigenvalue weighted by molar-refractivity contribution is 5.79. The molecule has 0 heterocycles. The molecule has 0 aromatic carbocycles. The molecule has 0 bridgehead atoms. The maximum absolute atomic E-state index is 5.46. The van der Waals surface area contributed by atoms with E-state index in [9.17, 15) is 0 Å². The van der Waals surface area contributed by atoms with Crippen LogP contribution in [0.2, 0.25) is 0 Å². The lowest BCUT2D eigenvalue weighted by Crippen LogP contribution is -2.39. The van der Waals surface area contributed by atoms with Gasteiger partial charge in [0.2, 0.25) is 0 Å². The molecule has 0 aliphatic carbocycles. The molecule has 0 saturated heterocycles. The monoisotopic (exact) mass is 273 g/mol. The van der Waals surface area contributed by atoms with Crippen molar-refractivity contribution in [2.24, 2.45) is 4.99 Å². The van der Waals surface area contributed by atoms with Crippen molar-refractivity contribution in [3.05, 3.63) is 0 Å². The van der Waals surface area contributed by atoms with Gasteiger partial charge in [0.15, 0.2) is 5.96 Å². The molecule has 0 rings (SSSR count). The lowest BCUT2D eigenvalue weighted by molar-refractivity contribution is 0.0487. The van der Waals surface area contributed by atoms with Crippen molar-refractivity contribution >= 4 is 5.96 Å². The molecule has 5 nitrogen and oxygen atoms in total. The minimum absolute atomic E-state index is 0.660. The van der Waals surface area contributed by atoms with E-state index in [1.54, 1.807) is 7.05 Å². The lowest BCUT2D eigenvalue weighted by atomic mass is 10.3. The summed E-state index contributed by atoms with van der Waals surface area (Å²) in [6.45, 7) is 8.92. The standard InChI is InChI=1S/C14H31N3O2/c1-4-6-8-16-14(15-3)17-9-11-19-13-12-18-10-7-5-2/h4-13H2,1-3H3,(H2,15,16,17). The summed E-state index contributed by atoms with van der Waals surface area (Å²) in [6, 6.07) is 0. The number of guanidine groups is 1. The molecule has 2 N–H and O–H groups in total. The number of nitrogens with one attached hydrogen (secondary N) is 2. The van der Waals surface area contributed by atoms with Gasteiger partial charge in [-0.05, 0) is 12.8 Å². The van der Waals surface area contributed by atoms with Crippen LogP contribution in [0, 0.1) is 0 Å². The molecule has 5 heteroatoms. The van der Waals surface area contributed by atoms with Crippen LogP contribution in [-0.4, -0.2) is 52.5 Å². The van der Waals surface area contributed by atoms with E-state index in [2.05, 4.69) is 29.5 Å². The van der Waals surface area contributed by atoms with E-state index in [1.807, 2.05) is 0 Å². The van der Waals surface area contributed by atoms with E-state index >= 15 is 0 Å². The molecule has 19 heavy (non-hydrogen) atoms. The van der Waals surface area contributed by atoms with Gasteiger partial charge in [-0.1, -0.05) is 26.7 Å². The van der Waals surface area contributed by atoms with Crippen LogP contribution in [-0.2, 0) is 9.47 Å². The van der Waals surface area contributed by atoms with Crippen molar-refractivity contribution in [3.8, 4) is 0 Å². The average Bonchev–Trinajstić information content (AvgIpc) is 2.43. The number of ether oxygens (including phenoxy) is 2. The Morgan fingerprint density at radius 2 is 1.47 bits per heavy atom. The van der Waals surface area contributed by atoms with Gasteiger partial charge < -0.3 is 20.1 Å². The first kappa shape index (κ1) is 18.2. The normalized spacial score (nSPS) is 11.6. The van der Waals surface area contributed by atoms with E-state index in [1.165, 1.54) is 12.8 Å². The Morgan fingerprint density at radius 3 is 2.11 bits per heavy atom. The Balaban J connectivity index is 3.27. The third kappa shape index (κ3) is 13.4. The topological polar surface area (TPSA) is 54.9 Å². The summed E-state index contributed by atoms with van der Waals surface area (Å²) < 4.78 is 10.9. The van der Waals surface area contributed by atoms with Crippen molar-refractivity contribution in [1.82, 2.24) is 10.6 Å². The minimum Gasteiger partial charge on any atom is -0.379 e. The van der Waals surface area contributed by atoms with Crippen LogP contribution in [0.15, 0.2) is 4.99 Å². The number of hydrogen-bond acceptors (Lipinski definition) is 3. The fraction of sp³-hybridized carbons (Fsp3) is 0.929. The minimum atomic E-state index is 0.660. The maximum atomic E-state index is 5.46. The summed E-state index contributed by atoms with van der Waals surface area (Å²) >= 11 is 0. The summed E-state index contributed by atoms with van der Waals surface area (Å²) in [5.74, 6) is 0.844. The molecular weight excluding hydrogens is 242 g/mol. The highest BCUT2D eigenvalue weighted by Gasteiger charge is 1.95. The summed E-state index contributed by atoms with van der Waals surface area (Å²) in [6.07, 6.45) is 4.65. The molecule has 0 atom stereocenters. The van der Waals surface area contributed by atoms with E-state index < -0.39 is 0 Å². The molecule has 0 aromatic rings. The fourth-order valence-corrected chi connectivity index (χ4v) is 1.41. The highest BCUT2D eigenvalue weighted by Crippen LogP contribution is 1.87. The zero-order valence-corrected chi connectivity index (χ0v) is 12.8. The first-order chi connectivity index (χ1) is 9.35. The molecule has 0 amide bonds. The highest BCUT2D eigenvalue weighted by atomic mass is 16.5. The molecule has 0 spiro atoms. The van der Waals surface area contributed by atoms with Crippen LogP contribution in [0.1, 0.15) is 39.5 Å². The van der Waals surface area contributed by atoms with Crippen LogP contribution in [0.5, 0.6) is 0 Å². The van der Waals surface area contributed by atoms with Crippen LogP contribution in [0.25, 0.3) is 0 Å². The van der Waals surface area contributed by atoms with Gasteiger partial charge >= 0.3 is 0 Å². The fourth-order valence-electron chi connectivity index (χ4n) is 1.41. The zero-order chi connectivity index (χ0) is 14.2. The van der Waals surface area contributed by atoms with Crippen LogP contribution >= 0.6 is 0 Å². The zero-order valence-electron chi connectivity index (χ0n) is 12.8. The second kappa shape index (κ2) is 15.2. The molecule has 0 unspecified atom stereocenters. The van der Waals surface area contributed by atoms with E-state index in [0.717, 1.165) is 38.5 Å². The molecule has 114 valence electrons. The predicted molar refractivity (Wildman–Crippen MR) is 80.8 cm³/mol. The Hall–Kier alpha value is -0.810. The Bertz CT molecular complexity index is 211. The van der Waals surface area contributed by atoms with Crippen molar-refractivity contribution < 1.29 is 9.47 Å². The lowest BCUT2D eigenvalue weighted by Gasteiger charge is -2.11. The maximum Gasteiger partial charge on any atom is 0.191 e. The number of nitrogens with zero attached hydrogens (tertiary/aromatic N) is 1. The summed E-state index contributed by atoms with van der Waals surface area (Å²) in [5.41, 5.74) is 0. The number of unbranched alkanes of at least 4 members (excludes halogenated alkanes) is 2. The van der Waals surface area contributed by atoms with Gasteiger partial charge in [0.1, 0.15) is 0 Å². The molecule has 0 saturated carbocycles. The average molecular weight is 273 g/mol. The second-order valence-electron chi connectivity index (χ2n) is 4.36. The SMILES string of the molecule is CCCCNC(=NC)NCCOCCOCCCC. The van der Waals surface area contributed by atoms with Crippen LogP contribution in [0.4, 0.5) is 0 Å². The molecule has 0 aromatic heterocycles. The molecular formula is C14H31N3O2. The van der Waals surface area contributed by atoms with E-state index in [0.29, 0.717) is 19.8 Å². The molecule has 0 radical (unpaired) electrons. The Kier molecular flexibility index (Phi) is 14.6. The Morgan fingerprint density at radius 1 is 0.842 bits per heavy atom.